The van der Waals surface area contributed by atoms with Crippen LogP contribution in [-0.4, -0.2) is 71.7 Å². The molecule has 2 aromatic carbocycles. The van der Waals surface area contributed by atoms with Crippen molar-refractivity contribution in [2.45, 2.75) is 57.7 Å². The van der Waals surface area contributed by atoms with Crippen LogP contribution in [0, 0.1) is 0 Å². The maximum absolute atomic E-state index is 11.8. The summed E-state index contributed by atoms with van der Waals surface area (Å²) in [5.41, 5.74) is 2.98. The molecule has 6 N–H and O–H groups in total. The smallest absolute Gasteiger partial charge is 0.329 e. The van der Waals surface area contributed by atoms with Crippen LogP contribution in [0.15, 0.2) is 42.5 Å². The number of rotatable bonds is 17. The number of aromatic hydroxyl groups is 1. The molecular formula is C29H41N3O8. The van der Waals surface area contributed by atoms with E-state index in [0.29, 0.717) is 17.7 Å². The third-order valence-electron chi connectivity index (χ3n) is 6.41. The van der Waals surface area contributed by atoms with Crippen molar-refractivity contribution in [2.75, 3.05) is 37.7 Å². The Labute approximate surface area is 234 Å². The molecule has 0 unspecified atom stereocenters. The van der Waals surface area contributed by atoms with Gasteiger partial charge in [-0.1, -0.05) is 31.0 Å². The highest BCUT2D eigenvalue weighted by molar-refractivity contribution is 6.12. The van der Waals surface area contributed by atoms with Crippen LogP contribution in [0.5, 0.6) is 5.75 Å². The predicted molar refractivity (Wildman–Crippen MR) is 150 cm³/mol. The summed E-state index contributed by atoms with van der Waals surface area (Å²) < 4.78 is 5.75. The van der Waals surface area contributed by atoms with Gasteiger partial charge in [-0.25, -0.2) is 4.79 Å². The number of phenols is 1. The third kappa shape index (κ3) is 11.7. The molecule has 1 aliphatic rings. The minimum absolute atomic E-state index is 0.0345. The maximum atomic E-state index is 11.8. The lowest BCUT2D eigenvalue weighted by Crippen LogP contribution is -2.27. The molecule has 0 aromatic heterocycles. The van der Waals surface area contributed by atoms with E-state index in [1.807, 2.05) is 24.3 Å². The number of anilines is 1. The number of aliphatic hydroxyl groups is 2. The molecule has 2 aromatic rings. The van der Waals surface area contributed by atoms with Crippen molar-refractivity contribution in [3.63, 3.8) is 0 Å². The van der Waals surface area contributed by atoms with Gasteiger partial charge in [-0.15, -0.1) is 0 Å². The van der Waals surface area contributed by atoms with Crippen molar-refractivity contribution >= 4 is 24.1 Å². The number of urea groups is 1. The number of ether oxygens (including phenoxy) is 1. The first kappa shape index (κ1) is 32.7. The molecule has 1 heterocycles. The monoisotopic (exact) mass is 559 g/mol. The highest BCUT2D eigenvalue weighted by Crippen LogP contribution is 2.22. The number of unbranched alkanes of at least 4 members (excludes halogenated alkanes) is 4. The van der Waals surface area contributed by atoms with Crippen LogP contribution in [0.25, 0.3) is 0 Å². The molecule has 3 amide bonds. The Balaban J connectivity index is 0.00000178. The number of nitrogens with zero attached hydrogens (tertiary/aromatic N) is 1. The second-order valence-corrected chi connectivity index (χ2v) is 9.46. The molecule has 1 atom stereocenters. The van der Waals surface area contributed by atoms with Gasteiger partial charge in [0.25, 0.3) is 6.47 Å². The summed E-state index contributed by atoms with van der Waals surface area (Å²) in [6, 6.07) is 12.2. The second-order valence-electron chi connectivity index (χ2n) is 9.46. The summed E-state index contributed by atoms with van der Waals surface area (Å²) in [6.45, 7) is 2.30. The van der Waals surface area contributed by atoms with Crippen LogP contribution in [0.4, 0.5) is 10.5 Å². The summed E-state index contributed by atoms with van der Waals surface area (Å²) in [7, 11) is 0. The molecule has 11 nitrogen and oxygen atoms in total. The SMILES string of the molecule is O=C1CN(c2cccc(CCCCOCCCCCCNC[C@H](O)c3ccc(O)c(CO)c3)c2)C(=O)N1.O=CO. The van der Waals surface area contributed by atoms with Gasteiger partial charge in [0.15, 0.2) is 0 Å². The van der Waals surface area contributed by atoms with E-state index in [2.05, 4.69) is 10.6 Å². The Hall–Kier alpha value is -3.51. The van der Waals surface area contributed by atoms with Crippen molar-refractivity contribution in [3.05, 3.63) is 59.2 Å². The number of carboxylic acid groups (broad SMARTS) is 1. The summed E-state index contributed by atoms with van der Waals surface area (Å²) >= 11 is 0. The van der Waals surface area contributed by atoms with Gasteiger partial charge in [-0.05, 0) is 74.0 Å². The minimum atomic E-state index is -0.680. The lowest BCUT2D eigenvalue weighted by molar-refractivity contribution is -0.123. The van der Waals surface area contributed by atoms with E-state index in [1.54, 1.807) is 12.1 Å². The number of imide groups is 1. The number of carbonyl (C=O) groups excluding carboxylic acids is 2. The molecule has 0 saturated carbocycles. The number of carbonyl (C=O) groups is 3. The average molecular weight is 560 g/mol. The Morgan fingerprint density at radius 2 is 1.75 bits per heavy atom. The number of amides is 3. The molecule has 11 heteroatoms. The first-order valence-corrected chi connectivity index (χ1v) is 13.6. The molecule has 1 saturated heterocycles. The van der Waals surface area contributed by atoms with Gasteiger partial charge in [-0.3, -0.25) is 19.8 Å². The van der Waals surface area contributed by atoms with E-state index >= 15 is 0 Å². The summed E-state index contributed by atoms with van der Waals surface area (Å²) in [5.74, 6) is -0.239. The molecule has 220 valence electrons. The van der Waals surface area contributed by atoms with E-state index < -0.39 is 6.10 Å². The highest BCUT2D eigenvalue weighted by atomic mass is 16.5. The zero-order valence-corrected chi connectivity index (χ0v) is 22.8. The molecule has 40 heavy (non-hydrogen) atoms. The fourth-order valence-electron chi connectivity index (χ4n) is 4.27. The maximum Gasteiger partial charge on any atom is 0.329 e. The quantitative estimate of drug-likeness (QED) is 0.0969. The van der Waals surface area contributed by atoms with E-state index in [1.165, 1.54) is 11.0 Å². The zero-order valence-electron chi connectivity index (χ0n) is 22.8. The first-order chi connectivity index (χ1) is 19.4. The van der Waals surface area contributed by atoms with Crippen LogP contribution < -0.4 is 15.5 Å². The second kappa shape index (κ2) is 18.7. The molecule has 0 radical (unpaired) electrons. The van der Waals surface area contributed by atoms with Crippen molar-refractivity contribution < 1.29 is 39.5 Å². The average Bonchev–Trinajstić information content (AvgIpc) is 3.29. The lowest BCUT2D eigenvalue weighted by atomic mass is 10.1. The van der Waals surface area contributed by atoms with Gasteiger partial charge in [0.2, 0.25) is 5.91 Å². The molecule has 1 aliphatic heterocycles. The van der Waals surface area contributed by atoms with Crippen molar-refractivity contribution in [3.8, 4) is 5.75 Å². The van der Waals surface area contributed by atoms with Crippen LogP contribution in [0.3, 0.4) is 0 Å². The van der Waals surface area contributed by atoms with E-state index in [9.17, 15) is 24.9 Å². The standard InChI is InChI=1S/C28H39N3O6.CH2O2/c32-20-23-17-22(11-12-25(23)33)26(34)18-29-13-4-1-2-5-14-37-15-6-3-8-21-9-7-10-24(16-21)31-19-27(35)30-28(31)36;2-1-3/h7,9-12,16-17,26,29,32-34H,1-6,8,13-15,18-20H2,(H,30,35,36);1H,(H,2,3)/t26-;/m0./s1. The fourth-order valence-corrected chi connectivity index (χ4v) is 4.27. The predicted octanol–water partition coefficient (Wildman–Crippen LogP) is 2.86. The minimum Gasteiger partial charge on any atom is -0.508 e. The number of benzene rings is 2. The lowest BCUT2D eigenvalue weighted by Gasteiger charge is -2.14. The van der Waals surface area contributed by atoms with Gasteiger partial charge in [0.1, 0.15) is 12.3 Å². The van der Waals surface area contributed by atoms with E-state index in [-0.39, 0.29) is 37.3 Å². The van der Waals surface area contributed by atoms with Gasteiger partial charge in [-0.2, -0.15) is 0 Å². The van der Waals surface area contributed by atoms with Crippen molar-refractivity contribution in [2.24, 2.45) is 0 Å². The summed E-state index contributed by atoms with van der Waals surface area (Å²) in [5, 5.41) is 41.5. The van der Waals surface area contributed by atoms with E-state index in [0.717, 1.165) is 76.0 Å². The Morgan fingerprint density at radius 3 is 2.45 bits per heavy atom. The van der Waals surface area contributed by atoms with Gasteiger partial charge in [0, 0.05) is 31.0 Å². The van der Waals surface area contributed by atoms with Crippen LogP contribution in [0.2, 0.25) is 0 Å². The van der Waals surface area contributed by atoms with Gasteiger partial charge in [0.05, 0.1) is 12.7 Å². The third-order valence-corrected chi connectivity index (χ3v) is 6.41. The first-order valence-electron chi connectivity index (χ1n) is 13.6. The van der Waals surface area contributed by atoms with Gasteiger partial charge >= 0.3 is 6.03 Å². The molecule has 0 aliphatic carbocycles. The number of aryl methyl sites for hydroxylation is 1. The zero-order chi connectivity index (χ0) is 29.2. The van der Waals surface area contributed by atoms with Crippen LogP contribution >= 0.6 is 0 Å². The van der Waals surface area contributed by atoms with Crippen LogP contribution in [-0.2, 0) is 27.4 Å². The topological polar surface area (TPSA) is 169 Å². The van der Waals surface area contributed by atoms with Crippen molar-refractivity contribution in [1.29, 1.82) is 0 Å². The molecule has 1 fully saturated rings. The van der Waals surface area contributed by atoms with Crippen molar-refractivity contribution in [1.82, 2.24) is 10.6 Å². The Kier molecular flexibility index (Phi) is 15.3. The summed E-state index contributed by atoms with van der Waals surface area (Å²) in [6.07, 6.45) is 6.43. The Morgan fingerprint density at radius 1 is 1.02 bits per heavy atom. The molecule has 3 rings (SSSR count). The molecular weight excluding hydrogens is 518 g/mol. The number of hydrogen-bond acceptors (Lipinski definition) is 8. The number of hydrogen-bond donors (Lipinski definition) is 6. The highest BCUT2D eigenvalue weighted by Gasteiger charge is 2.27. The molecule has 0 spiro atoms. The Bertz CT molecular complexity index is 1070. The van der Waals surface area contributed by atoms with Crippen LogP contribution in [0.1, 0.15) is 61.3 Å². The number of nitrogens with one attached hydrogen (secondary N) is 2. The largest absolute Gasteiger partial charge is 0.508 e. The fraction of sp³-hybridized carbons (Fsp3) is 0.483. The normalized spacial score (nSPS) is 13.5. The number of aliphatic hydroxyl groups excluding tert-OH is 2. The van der Waals surface area contributed by atoms with E-state index in [4.69, 9.17) is 14.6 Å². The summed E-state index contributed by atoms with van der Waals surface area (Å²) in [4.78, 5) is 33.0. The van der Waals surface area contributed by atoms with Gasteiger partial charge < -0.3 is 30.5 Å². The molecule has 0 bridgehead atoms.